The zero-order chi connectivity index (χ0) is 12.4. The summed E-state index contributed by atoms with van der Waals surface area (Å²) in [5, 5.41) is 2.98. The monoisotopic (exact) mass is 249 g/mol. The van der Waals surface area contributed by atoms with Crippen molar-refractivity contribution in [3.8, 4) is 0 Å². The van der Waals surface area contributed by atoms with Crippen LogP contribution in [0.2, 0.25) is 0 Å². The van der Waals surface area contributed by atoms with Crippen LogP contribution >= 0.6 is 0 Å². The van der Waals surface area contributed by atoms with Crippen LogP contribution in [0.4, 0.5) is 17.6 Å². The van der Waals surface area contributed by atoms with E-state index >= 15 is 0 Å². The third kappa shape index (κ3) is 2.58. The van der Waals surface area contributed by atoms with Gasteiger partial charge in [0.05, 0.1) is 12.7 Å². The lowest BCUT2D eigenvalue weighted by Gasteiger charge is -2.24. The molecule has 1 saturated heterocycles. The molecule has 2 nitrogen and oxygen atoms in total. The van der Waals surface area contributed by atoms with Crippen LogP contribution in [0.15, 0.2) is 6.07 Å². The predicted molar refractivity (Wildman–Crippen MR) is 52.6 cm³/mol. The third-order valence-electron chi connectivity index (χ3n) is 2.65. The molecule has 6 heteroatoms. The van der Waals surface area contributed by atoms with Gasteiger partial charge in [-0.1, -0.05) is 0 Å². The first-order valence-electron chi connectivity index (χ1n) is 5.23. The van der Waals surface area contributed by atoms with Crippen LogP contribution in [0, 0.1) is 23.3 Å². The highest BCUT2D eigenvalue weighted by molar-refractivity contribution is 5.23. The molecule has 2 rings (SSSR count). The van der Waals surface area contributed by atoms with E-state index in [0.29, 0.717) is 25.8 Å². The van der Waals surface area contributed by atoms with Crippen LogP contribution in [-0.4, -0.2) is 25.8 Å². The molecule has 0 aromatic heterocycles. The number of halogens is 4. The minimum atomic E-state index is -1.65. The van der Waals surface area contributed by atoms with Crippen LogP contribution in [0.25, 0.3) is 0 Å². The highest BCUT2D eigenvalue weighted by Gasteiger charge is 2.23. The Morgan fingerprint density at radius 3 is 2.59 bits per heavy atom. The highest BCUT2D eigenvalue weighted by atomic mass is 19.2. The fourth-order valence-electron chi connectivity index (χ4n) is 1.77. The first kappa shape index (κ1) is 12.3. The lowest BCUT2D eigenvalue weighted by Crippen LogP contribution is -2.40. The molecule has 0 amide bonds. The van der Waals surface area contributed by atoms with E-state index in [-0.39, 0.29) is 6.42 Å². The number of nitrogens with one attached hydrogen (secondary N) is 1. The Labute approximate surface area is 95.6 Å². The molecule has 17 heavy (non-hydrogen) atoms. The zero-order valence-corrected chi connectivity index (χ0v) is 8.90. The van der Waals surface area contributed by atoms with E-state index < -0.39 is 34.9 Å². The summed E-state index contributed by atoms with van der Waals surface area (Å²) < 4.78 is 57.6. The second kappa shape index (κ2) is 5.01. The van der Waals surface area contributed by atoms with E-state index in [1.54, 1.807) is 0 Å². The molecular weight excluding hydrogens is 238 g/mol. The number of rotatable bonds is 2. The molecule has 0 spiro atoms. The number of hydrogen-bond donors (Lipinski definition) is 1. The molecule has 94 valence electrons. The number of morpholine rings is 1. The van der Waals surface area contributed by atoms with Gasteiger partial charge in [0.15, 0.2) is 17.5 Å². The summed E-state index contributed by atoms with van der Waals surface area (Å²) in [6.07, 6.45) is -0.556. The SMILES string of the molecule is Fc1cc(F)c(CC2CNCCO2)c(F)c1F. The Balaban J connectivity index is 2.22. The van der Waals surface area contributed by atoms with Crippen molar-refractivity contribution in [2.45, 2.75) is 12.5 Å². The van der Waals surface area contributed by atoms with E-state index in [0.717, 1.165) is 0 Å². The van der Waals surface area contributed by atoms with Crippen LogP contribution in [0.3, 0.4) is 0 Å². The Morgan fingerprint density at radius 2 is 1.94 bits per heavy atom. The standard InChI is InChI=1S/C11H11F4NO/c12-8-4-9(13)11(15)10(14)7(8)3-6-5-16-1-2-17-6/h4,6,16H,1-3,5H2. The van der Waals surface area contributed by atoms with Gasteiger partial charge in [-0.25, -0.2) is 17.6 Å². The molecule has 1 fully saturated rings. The van der Waals surface area contributed by atoms with Crippen LogP contribution in [-0.2, 0) is 11.2 Å². The van der Waals surface area contributed by atoms with Crippen molar-refractivity contribution < 1.29 is 22.3 Å². The lowest BCUT2D eigenvalue weighted by molar-refractivity contribution is 0.0281. The van der Waals surface area contributed by atoms with E-state index in [2.05, 4.69) is 5.32 Å². The van der Waals surface area contributed by atoms with E-state index in [9.17, 15) is 17.6 Å². The average molecular weight is 249 g/mol. The van der Waals surface area contributed by atoms with Gasteiger partial charge in [-0.2, -0.15) is 0 Å². The summed E-state index contributed by atoms with van der Waals surface area (Å²) in [4.78, 5) is 0. The van der Waals surface area contributed by atoms with Gasteiger partial charge in [0, 0.05) is 31.1 Å². The minimum absolute atomic E-state index is 0.123. The maximum absolute atomic E-state index is 13.3. The van der Waals surface area contributed by atoms with E-state index in [4.69, 9.17) is 4.74 Å². The Morgan fingerprint density at radius 1 is 1.18 bits per heavy atom. The Bertz CT molecular complexity index is 418. The first-order chi connectivity index (χ1) is 8.09. The molecule has 1 aliphatic rings. The molecule has 1 unspecified atom stereocenters. The Kier molecular flexibility index (Phi) is 3.63. The molecule has 1 heterocycles. The van der Waals surface area contributed by atoms with Gasteiger partial charge in [-0.05, 0) is 0 Å². The summed E-state index contributed by atoms with van der Waals surface area (Å²) in [5.74, 6) is -5.73. The molecule has 1 aromatic carbocycles. The molecular formula is C11H11F4NO. The summed E-state index contributed by atoms with van der Waals surface area (Å²) in [5.41, 5.74) is -0.474. The molecule has 1 aromatic rings. The fourth-order valence-corrected chi connectivity index (χ4v) is 1.77. The lowest BCUT2D eigenvalue weighted by atomic mass is 10.1. The van der Waals surface area contributed by atoms with Crippen LogP contribution in [0.1, 0.15) is 5.56 Å². The van der Waals surface area contributed by atoms with Crippen molar-refractivity contribution in [3.63, 3.8) is 0 Å². The largest absolute Gasteiger partial charge is 0.375 e. The van der Waals surface area contributed by atoms with E-state index in [1.165, 1.54) is 0 Å². The highest BCUT2D eigenvalue weighted by Crippen LogP contribution is 2.21. The second-order valence-electron chi connectivity index (χ2n) is 3.85. The average Bonchev–Trinajstić information content (AvgIpc) is 2.33. The predicted octanol–water partition coefficient (Wildman–Crippen LogP) is 1.77. The number of ether oxygens (including phenoxy) is 1. The molecule has 1 atom stereocenters. The van der Waals surface area contributed by atoms with Gasteiger partial charge in [0.25, 0.3) is 0 Å². The second-order valence-corrected chi connectivity index (χ2v) is 3.85. The maximum Gasteiger partial charge on any atom is 0.194 e. The smallest absolute Gasteiger partial charge is 0.194 e. The van der Waals surface area contributed by atoms with Crippen molar-refractivity contribution >= 4 is 0 Å². The summed E-state index contributed by atoms with van der Waals surface area (Å²) in [6.45, 7) is 1.52. The minimum Gasteiger partial charge on any atom is -0.375 e. The van der Waals surface area contributed by atoms with Crippen molar-refractivity contribution in [2.75, 3.05) is 19.7 Å². The molecule has 0 bridgehead atoms. The van der Waals surface area contributed by atoms with Crippen LogP contribution in [0.5, 0.6) is 0 Å². The number of benzene rings is 1. The Hall–Kier alpha value is -1.14. The maximum atomic E-state index is 13.3. The van der Waals surface area contributed by atoms with Crippen molar-refractivity contribution in [3.05, 3.63) is 34.9 Å². The normalized spacial score (nSPS) is 20.6. The van der Waals surface area contributed by atoms with Gasteiger partial charge in [0.1, 0.15) is 5.82 Å². The molecule has 1 aliphatic heterocycles. The van der Waals surface area contributed by atoms with Gasteiger partial charge >= 0.3 is 0 Å². The first-order valence-corrected chi connectivity index (χ1v) is 5.23. The fraction of sp³-hybridized carbons (Fsp3) is 0.455. The van der Waals surface area contributed by atoms with E-state index in [1.807, 2.05) is 0 Å². The quantitative estimate of drug-likeness (QED) is 0.490. The van der Waals surface area contributed by atoms with Crippen molar-refractivity contribution in [2.24, 2.45) is 0 Å². The van der Waals surface area contributed by atoms with Crippen molar-refractivity contribution in [1.82, 2.24) is 5.32 Å². The van der Waals surface area contributed by atoms with Gasteiger partial charge in [-0.3, -0.25) is 0 Å². The van der Waals surface area contributed by atoms with Gasteiger partial charge in [-0.15, -0.1) is 0 Å². The van der Waals surface area contributed by atoms with Gasteiger partial charge in [0.2, 0.25) is 0 Å². The molecule has 1 N–H and O–H groups in total. The summed E-state index contributed by atoms with van der Waals surface area (Å²) in [6, 6.07) is 0.351. The molecule has 0 saturated carbocycles. The third-order valence-corrected chi connectivity index (χ3v) is 2.65. The summed E-state index contributed by atoms with van der Waals surface area (Å²) >= 11 is 0. The van der Waals surface area contributed by atoms with Crippen molar-refractivity contribution in [1.29, 1.82) is 0 Å². The zero-order valence-electron chi connectivity index (χ0n) is 8.90. The molecule has 0 radical (unpaired) electrons. The van der Waals surface area contributed by atoms with Crippen LogP contribution < -0.4 is 5.32 Å². The molecule has 0 aliphatic carbocycles. The van der Waals surface area contributed by atoms with Gasteiger partial charge < -0.3 is 10.1 Å². The number of hydrogen-bond acceptors (Lipinski definition) is 2. The summed E-state index contributed by atoms with van der Waals surface area (Å²) in [7, 11) is 0. The topological polar surface area (TPSA) is 21.3 Å².